The summed E-state index contributed by atoms with van der Waals surface area (Å²) in [5.74, 6) is 1.04. The Bertz CT molecular complexity index is 568. The van der Waals surface area contributed by atoms with Crippen LogP contribution in [0.3, 0.4) is 0 Å². The van der Waals surface area contributed by atoms with Crippen LogP contribution < -0.4 is 5.73 Å². The smallest absolute Gasteiger partial charge is 0.259 e. The van der Waals surface area contributed by atoms with Crippen LogP contribution in [0.5, 0.6) is 0 Å². The highest BCUT2D eigenvalue weighted by atomic mass is 127. The van der Waals surface area contributed by atoms with E-state index >= 15 is 0 Å². The van der Waals surface area contributed by atoms with Gasteiger partial charge in [-0.2, -0.15) is 4.98 Å². The fraction of sp³-hybridized carbons (Fsp3) is 0.333. The summed E-state index contributed by atoms with van der Waals surface area (Å²) in [6, 6.07) is 5.92. The number of hydrogen-bond donors (Lipinski definition) is 1. The third kappa shape index (κ3) is 2.75. The summed E-state index contributed by atoms with van der Waals surface area (Å²) in [4.78, 5) is 4.40. The van der Waals surface area contributed by atoms with E-state index in [1.165, 1.54) is 0 Å². The van der Waals surface area contributed by atoms with Gasteiger partial charge in [0.2, 0.25) is 0 Å². The first-order valence-electron chi connectivity index (χ1n) is 5.52. The van der Waals surface area contributed by atoms with Gasteiger partial charge < -0.3 is 10.3 Å². The SMILES string of the molecule is CCC(C)(N)c1noc(-c2cc(Br)ccc2I)n1. The van der Waals surface area contributed by atoms with E-state index in [2.05, 4.69) is 48.7 Å². The predicted octanol–water partition coefficient (Wildman–Crippen LogP) is 3.69. The molecule has 96 valence electrons. The Morgan fingerprint density at radius 1 is 1.50 bits per heavy atom. The van der Waals surface area contributed by atoms with Crippen molar-refractivity contribution in [2.75, 3.05) is 0 Å². The van der Waals surface area contributed by atoms with E-state index < -0.39 is 5.54 Å². The number of hydrogen-bond acceptors (Lipinski definition) is 4. The molecule has 2 rings (SSSR count). The minimum Gasteiger partial charge on any atom is -0.334 e. The second-order valence-corrected chi connectivity index (χ2v) is 6.40. The molecule has 1 aromatic carbocycles. The maximum Gasteiger partial charge on any atom is 0.259 e. The van der Waals surface area contributed by atoms with Crippen LogP contribution in [-0.4, -0.2) is 10.1 Å². The molecule has 18 heavy (non-hydrogen) atoms. The largest absolute Gasteiger partial charge is 0.334 e. The molecule has 0 bridgehead atoms. The van der Waals surface area contributed by atoms with Crippen molar-refractivity contribution < 1.29 is 4.52 Å². The number of halogens is 2. The number of nitrogens with zero attached hydrogens (tertiary/aromatic N) is 2. The van der Waals surface area contributed by atoms with Crippen LogP contribution in [0, 0.1) is 3.57 Å². The zero-order valence-corrected chi connectivity index (χ0v) is 13.8. The molecule has 0 saturated carbocycles. The van der Waals surface area contributed by atoms with Crippen molar-refractivity contribution in [1.29, 1.82) is 0 Å². The lowest BCUT2D eigenvalue weighted by atomic mass is 10.0. The zero-order valence-electron chi connectivity index (χ0n) is 10.1. The fourth-order valence-electron chi connectivity index (χ4n) is 1.38. The van der Waals surface area contributed by atoms with Crippen molar-refractivity contribution >= 4 is 38.5 Å². The molecule has 0 aliphatic rings. The molecule has 0 radical (unpaired) electrons. The lowest BCUT2D eigenvalue weighted by Gasteiger charge is -2.16. The van der Waals surface area contributed by atoms with Crippen molar-refractivity contribution in [3.05, 3.63) is 32.1 Å². The average Bonchev–Trinajstić information content (AvgIpc) is 2.82. The quantitative estimate of drug-likeness (QED) is 0.767. The average molecular weight is 422 g/mol. The van der Waals surface area contributed by atoms with Gasteiger partial charge in [-0.25, -0.2) is 0 Å². The Morgan fingerprint density at radius 2 is 2.22 bits per heavy atom. The van der Waals surface area contributed by atoms with E-state index in [1.807, 2.05) is 32.0 Å². The zero-order chi connectivity index (χ0) is 13.3. The van der Waals surface area contributed by atoms with Crippen molar-refractivity contribution in [2.45, 2.75) is 25.8 Å². The summed E-state index contributed by atoms with van der Waals surface area (Å²) in [5.41, 5.74) is 6.46. The Hall–Kier alpha value is -0.470. The number of rotatable bonds is 3. The molecule has 6 heteroatoms. The predicted molar refractivity (Wildman–Crippen MR) is 82.0 cm³/mol. The minimum atomic E-state index is -0.556. The first kappa shape index (κ1) is 14.0. The van der Waals surface area contributed by atoms with Crippen LogP contribution in [0.2, 0.25) is 0 Å². The molecule has 0 aliphatic heterocycles. The maximum absolute atomic E-state index is 6.10. The van der Waals surface area contributed by atoms with Gasteiger partial charge in [-0.05, 0) is 54.1 Å². The van der Waals surface area contributed by atoms with E-state index in [0.717, 1.165) is 20.0 Å². The molecule has 2 aromatic rings. The third-order valence-corrected chi connectivity index (χ3v) is 4.26. The standard InChI is InChI=1S/C12H13BrIN3O/c1-3-12(2,15)11-16-10(18-17-11)8-6-7(13)4-5-9(8)14/h4-6H,3,15H2,1-2H3. The lowest BCUT2D eigenvalue weighted by molar-refractivity contribution is 0.379. The first-order valence-corrected chi connectivity index (χ1v) is 7.39. The molecular weight excluding hydrogens is 409 g/mol. The van der Waals surface area contributed by atoms with Crippen LogP contribution in [0.15, 0.2) is 27.2 Å². The third-order valence-electron chi connectivity index (χ3n) is 2.83. The minimum absolute atomic E-state index is 0.501. The Balaban J connectivity index is 2.44. The van der Waals surface area contributed by atoms with E-state index in [4.69, 9.17) is 10.3 Å². The Kier molecular flexibility index (Phi) is 4.08. The van der Waals surface area contributed by atoms with Gasteiger partial charge in [-0.1, -0.05) is 28.0 Å². The number of nitrogens with two attached hydrogens (primary N) is 1. The van der Waals surface area contributed by atoms with Crippen LogP contribution in [0.4, 0.5) is 0 Å². The van der Waals surface area contributed by atoms with Gasteiger partial charge in [-0.3, -0.25) is 0 Å². The molecule has 1 aromatic heterocycles. The summed E-state index contributed by atoms with van der Waals surface area (Å²) < 4.78 is 7.34. The van der Waals surface area contributed by atoms with Gasteiger partial charge in [0.05, 0.1) is 11.1 Å². The summed E-state index contributed by atoms with van der Waals surface area (Å²) in [6.45, 7) is 3.90. The molecule has 0 aliphatic carbocycles. The van der Waals surface area contributed by atoms with Crippen LogP contribution in [0.1, 0.15) is 26.1 Å². The topological polar surface area (TPSA) is 64.9 Å². The molecule has 2 N–H and O–H groups in total. The molecule has 0 amide bonds. The number of benzene rings is 1. The molecule has 0 fully saturated rings. The second kappa shape index (κ2) is 5.26. The Morgan fingerprint density at radius 3 is 2.89 bits per heavy atom. The molecule has 1 atom stereocenters. The van der Waals surface area contributed by atoms with Crippen LogP contribution >= 0.6 is 38.5 Å². The monoisotopic (exact) mass is 421 g/mol. The van der Waals surface area contributed by atoms with E-state index in [0.29, 0.717) is 11.7 Å². The van der Waals surface area contributed by atoms with Crippen molar-refractivity contribution in [3.8, 4) is 11.5 Å². The van der Waals surface area contributed by atoms with Gasteiger partial charge in [0, 0.05) is 8.04 Å². The Labute approximate surface area is 128 Å². The summed E-state index contributed by atoms with van der Waals surface area (Å²) in [5, 5.41) is 3.98. The highest BCUT2D eigenvalue weighted by Crippen LogP contribution is 2.28. The molecule has 1 heterocycles. The fourth-order valence-corrected chi connectivity index (χ4v) is 2.31. The molecule has 1 unspecified atom stereocenters. The number of aromatic nitrogens is 2. The molecule has 0 saturated heterocycles. The van der Waals surface area contributed by atoms with Crippen LogP contribution in [-0.2, 0) is 5.54 Å². The van der Waals surface area contributed by atoms with Gasteiger partial charge in [0.15, 0.2) is 5.82 Å². The van der Waals surface area contributed by atoms with Crippen molar-refractivity contribution in [2.24, 2.45) is 5.73 Å². The second-order valence-electron chi connectivity index (χ2n) is 4.32. The summed E-state index contributed by atoms with van der Waals surface area (Å²) in [7, 11) is 0. The molecule has 0 spiro atoms. The molecular formula is C12H13BrIN3O. The van der Waals surface area contributed by atoms with Crippen LogP contribution in [0.25, 0.3) is 11.5 Å². The summed E-state index contributed by atoms with van der Waals surface area (Å²) in [6.07, 6.45) is 0.752. The van der Waals surface area contributed by atoms with E-state index in [1.54, 1.807) is 0 Å². The van der Waals surface area contributed by atoms with Gasteiger partial charge >= 0.3 is 0 Å². The highest BCUT2D eigenvalue weighted by Gasteiger charge is 2.26. The summed E-state index contributed by atoms with van der Waals surface area (Å²) >= 11 is 5.68. The van der Waals surface area contributed by atoms with Gasteiger partial charge in [0.1, 0.15) is 0 Å². The molecule has 4 nitrogen and oxygen atoms in total. The van der Waals surface area contributed by atoms with E-state index in [-0.39, 0.29) is 0 Å². The van der Waals surface area contributed by atoms with Gasteiger partial charge in [0.25, 0.3) is 5.89 Å². The maximum atomic E-state index is 6.10. The normalized spacial score (nSPS) is 14.5. The lowest BCUT2D eigenvalue weighted by Crippen LogP contribution is -2.33. The first-order chi connectivity index (χ1) is 8.44. The van der Waals surface area contributed by atoms with E-state index in [9.17, 15) is 0 Å². The van der Waals surface area contributed by atoms with Crippen molar-refractivity contribution in [1.82, 2.24) is 10.1 Å². The van der Waals surface area contributed by atoms with Gasteiger partial charge in [-0.15, -0.1) is 0 Å². The van der Waals surface area contributed by atoms with Crippen molar-refractivity contribution in [3.63, 3.8) is 0 Å². The highest BCUT2D eigenvalue weighted by molar-refractivity contribution is 14.1.